The summed E-state index contributed by atoms with van der Waals surface area (Å²) < 4.78 is 12.2. The SMILES string of the molecule is C[C@H](Nc1cncc(B2OC(C)(C)C(C)(C)O2)c1)c1ccccc1. The van der Waals surface area contributed by atoms with Gasteiger partial charge in [0.2, 0.25) is 0 Å². The lowest BCUT2D eigenvalue weighted by molar-refractivity contribution is 0.00578. The van der Waals surface area contributed by atoms with E-state index in [0.29, 0.717) is 0 Å². The van der Waals surface area contributed by atoms with Crippen LogP contribution in [-0.4, -0.2) is 23.3 Å². The first kappa shape index (κ1) is 17.0. The Morgan fingerprint density at radius 1 is 1.00 bits per heavy atom. The van der Waals surface area contributed by atoms with Gasteiger partial charge in [-0.25, -0.2) is 0 Å². The molecule has 0 spiro atoms. The van der Waals surface area contributed by atoms with Crippen molar-refractivity contribution in [2.45, 2.75) is 51.9 Å². The van der Waals surface area contributed by atoms with E-state index >= 15 is 0 Å². The zero-order valence-electron chi connectivity index (χ0n) is 15.0. The van der Waals surface area contributed by atoms with Crippen molar-refractivity contribution < 1.29 is 9.31 Å². The number of nitrogens with one attached hydrogen (secondary N) is 1. The zero-order chi connectivity index (χ0) is 17.4. The second-order valence-electron chi connectivity index (χ2n) is 7.37. The molecule has 0 aliphatic carbocycles. The lowest BCUT2D eigenvalue weighted by Gasteiger charge is -2.32. The Kier molecular flexibility index (Phi) is 4.41. The van der Waals surface area contributed by atoms with Crippen LogP contribution >= 0.6 is 0 Å². The van der Waals surface area contributed by atoms with Gasteiger partial charge in [-0.2, -0.15) is 0 Å². The first-order chi connectivity index (χ1) is 11.3. The highest BCUT2D eigenvalue weighted by atomic mass is 16.7. The number of hydrogen-bond acceptors (Lipinski definition) is 4. The van der Waals surface area contributed by atoms with Gasteiger partial charge in [-0.15, -0.1) is 0 Å². The number of benzene rings is 1. The maximum absolute atomic E-state index is 6.10. The van der Waals surface area contributed by atoms with E-state index in [9.17, 15) is 0 Å². The van der Waals surface area contributed by atoms with Crippen LogP contribution < -0.4 is 10.8 Å². The molecule has 0 saturated carbocycles. The van der Waals surface area contributed by atoms with Gasteiger partial charge in [0.25, 0.3) is 0 Å². The highest BCUT2D eigenvalue weighted by Gasteiger charge is 2.51. The number of anilines is 1. The van der Waals surface area contributed by atoms with E-state index in [4.69, 9.17) is 9.31 Å². The summed E-state index contributed by atoms with van der Waals surface area (Å²) in [5, 5.41) is 3.49. The number of rotatable bonds is 4. The van der Waals surface area contributed by atoms with Crippen LogP contribution in [0.1, 0.15) is 46.2 Å². The first-order valence-corrected chi connectivity index (χ1v) is 8.40. The molecule has 0 amide bonds. The molecule has 3 rings (SSSR count). The van der Waals surface area contributed by atoms with Gasteiger partial charge >= 0.3 is 7.12 Å². The quantitative estimate of drug-likeness (QED) is 0.874. The highest BCUT2D eigenvalue weighted by molar-refractivity contribution is 6.62. The second-order valence-corrected chi connectivity index (χ2v) is 7.37. The predicted octanol–water partition coefficient (Wildman–Crippen LogP) is 3.55. The van der Waals surface area contributed by atoms with Crippen LogP contribution in [0, 0.1) is 0 Å². The van der Waals surface area contributed by atoms with Crippen molar-refractivity contribution in [1.29, 1.82) is 0 Å². The molecule has 1 aliphatic heterocycles. The largest absolute Gasteiger partial charge is 0.496 e. The molecular weight excluding hydrogens is 299 g/mol. The van der Waals surface area contributed by atoms with Crippen molar-refractivity contribution in [3.05, 3.63) is 54.4 Å². The Hall–Kier alpha value is -1.85. The van der Waals surface area contributed by atoms with E-state index in [2.05, 4.69) is 63.1 Å². The molecule has 24 heavy (non-hydrogen) atoms. The van der Waals surface area contributed by atoms with E-state index in [0.717, 1.165) is 11.2 Å². The molecule has 0 bridgehead atoms. The Bertz CT molecular complexity index is 688. The summed E-state index contributed by atoms with van der Waals surface area (Å²) >= 11 is 0. The topological polar surface area (TPSA) is 43.4 Å². The van der Waals surface area contributed by atoms with Crippen molar-refractivity contribution in [3.8, 4) is 0 Å². The van der Waals surface area contributed by atoms with E-state index < -0.39 is 7.12 Å². The fourth-order valence-electron chi connectivity index (χ4n) is 2.72. The number of nitrogens with zero attached hydrogens (tertiary/aromatic N) is 1. The Morgan fingerprint density at radius 3 is 2.25 bits per heavy atom. The minimum Gasteiger partial charge on any atom is -0.399 e. The minimum absolute atomic E-state index is 0.196. The van der Waals surface area contributed by atoms with Crippen molar-refractivity contribution in [2.75, 3.05) is 5.32 Å². The summed E-state index contributed by atoms with van der Waals surface area (Å²) in [5.74, 6) is 0. The molecule has 1 N–H and O–H groups in total. The first-order valence-electron chi connectivity index (χ1n) is 8.40. The Morgan fingerprint density at radius 2 is 1.62 bits per heavy atom. The summed E-state index contributed by atoms with van der Waals surface area (Å²) in [5.41, 5.74) is 2.42. The summed E-state index contributed by atoms with van der Waals surface area (Å²) in [7, 11) is -0.392. The molecule has 1 saturated heterocycles. The van der Waals surface area contributed by atoms with E-state index in [1.165, 1.54) is 5.56 Å². The summed E-state index contributed by atoms with van der Waals surface area (Å²) in [6.07, 6.45) is 3.63. The van der Waals surface area contributed by atoms with Gasteiger partial charge in [0.05, 0.1) is 16.9 Å². The third-order valence-corrected chi connectivity index (χ3v) is 4.97. The van der Waals surface area contributed by atoms with Crippen molar-refractivity contribution >= 4 is 18.3 Å². The number of hydrogen-bond donors (Lipinski definition) is 1. The summed E-state index contributed by atoms with van der Waals surface area (Å²) in [6.45, 7) is 10.4. The normalized spacial score (nSPS) is 20.0. The van der Waals surface area contributed by atoms with Crippen LogP contribution in [0.25, 0.3) is 0 Å². The molecule has 1 aromatic heterocycles. The summed E-state index contributed by atoms with van der Waals surface area (Å²) in [4.78, 5) is 4.35. The molecule has 1 aromatic carbocycles. The molecular formula is C19H25BN2O2. The van der Waals surface area contributed by atoms with Gasteiger partial charge in [0, 0.05) is 23.9 Å². The highest BCUT2D eigenvalue weighted by Crippen LogP contribution is 2.36. The van der Waals surface area contributed by atoms with Crippen LogP contribution in [0.4, 0.5) is 5.69 Å². The lowest BCUT2D eigenvalue weighted by Crippen LogP contribution is -2.41. The minimum atomic E-state index is -0.392. The molecule has 2 heterocycles. The predicted molar refractivity (Wildman–Crippen MR) is 98.4 cm³/mol. The van der Waals surface area contributed by atoms with Gasteiger partial charge in [-0.3, -0.25) is 4.98 Å². The smallest absolute Gasteiger partial charge is 0.399 e. The Labute approximate surface area is 144 Å². The molecule has 126 valence electrons. The molecule has 2 aromatic rings. The van der Waals surface area contributed by atoms with Crippen molar-refractivity contribution in [1.82, 2.24) is 4.98 Å². The molecule has 4 nitrogen and oxygen atoms in total. The van der Waals surface area contributed by atoms with Crippen LogP contribution in [-0.2, 0) is 9.31 Å². The molecule has 5 heteroatoms. The van der Waals surface area contributed by atoms with Crippen LogP contribution in [0.3, 0.4) is 0 Å². The standard InChI is InChI=1S/C19H25BN2O2/c1-14(15-9-7-6-8-10-15)22-17-11-16(12-21-13-17)20-23-18(2,3)19(4,5)24-20/h6-14,22H,1-5H3/t14-/m0/s1. The fraction of sp³-hybridized carbons (Fsp3) is 0.421. The average Bonchev–Trinajstić information content (AvgIpc) is 2.76. The van der Waals surface area contributed by atoms with Crippen molar-refractivity contribution in [3.63, 3.8) is 0 Å². The van der Waals surface area contributed by atoms with Crippen LogP contribution in [0.2, 0.25) is 0 Å². The molecule has 0 unspecified atom stereocenters. The third kappa shape index (κ3) is 3.33. The van der Waals surface area contributed by atoms with Gasteiger partial charge in [0.15, 0.2) is 0 Å². The van der Waals surface area contributed by atoms with E-state index in [-0.39, 0.29) is 17.2 Å². The molecule has 1 fully saturated rings. The van der Waals surface area contributed by atoms with Crippen LogP contribution in [0.15, 0.2) is 48.8 Å². The zero-order valence-corrected chi connectivity index (χ0v) is 15.0. The average molecular weight is 324 g/mol. The number of aromatic nitrogens is 1. The van der Waals surface area contributed by atoms with Gasteiger partial charge < -0.3 is 14.6 Å². The summed E-state index contributed by atoms with van der Waals surface area (Å²) in [6, 6.07) is 12.6. The van der Waals surface area contributed by atoms with Crippen molar-refractivity contribution in [2.24, 2.45) is 0 Å². The van der Waals surface area contributed by atoms with E-state index in [1.807, 2.05) is 24.4 Å². The third-order valence-electron chi connectivity index (χ3n) is 4.97. The lowest BCUT2D eigenvalue weighted by atomic mass is 9.80. The number of pyridine rings is 1. The maximum atomic E-state index is 6.10. The van der Waals surface area contributed by atoms with Gasteiger partial charge in [0.1, 0.15) is 0 Å². The van der Waals surface area contributed by atoms with Gasteiger partial charge in [-0.1, -0.05) is 30.3 Å². The van der Waals surface area contributed by atoms with E-state index in [1.54, 1.807) is 6.20 Å². The maximum Gasteiger partial charge on any atom is 0.496 e. The van der Waals surface area contributed by atoms with Crippen LogP contribution in [0.5, 0.6) is 0 Å². The monoisotopic (exact) mass is 324 g/mol. The Balaban J connectivity index is 1.76. The molecule has 0 radical (unpaired) electrons. The van der Waals surface area contributed by atoms with Gasteiger partial charge in [-0.05, 0) is 46.2 Å². The molecule has 1 aliphatic rings. The molecule has 1 atom stereocenters. The fourth-order valence-corrected chi connectivity index (χ4v) is 2.72. The second kappa shape index (κ2) is 6.23.